The molecule has 3 rings (SSSR count). The van der Waals surface area contributed by atoms with Gasteiger partial charge in [-0.3, -0.25) is 4.99 Å². The highest BCUT2D eigenvalue weighted by atomic mass is 127. The number of aliphatic imine (C=N–C) groups is 1. The molecule has 0 fully saturated rings. The zero-order valence-electron chi connectivity index (χ0n) is 14.5. The Hall–Kier alpha value is -1.39. The van der Waals surface area contributed by atoms with Gasteiger partial charge < -0.3 is 15.1 Å². The van der Waals surface area contributed by atoms with Crippen LogP contribution in [0.25, 0.3) is 11.5 Å². The molecule has 2 N–H and O–H groups in total. The summed E-state index contributed by atoms with van der Waals surface area (Å²) in [5, 5.41) is 8.59. The van der Waals surface area contributed by atoms with Gasteiger partial charge in [0.1, 0.15) is 6.26 Å². The summed E-state index contributed by atoms with van der Waals surface area (Å²) < 4.78 is 6.67. The zero-order chi connectivity index (χ0) is 17.6. The van der Waals surface area contributed by atoms with E-state index in [2.05, 4.69) is 54.9 Å². The first-order valence-corrected chi connectivity index (χ1v) is 9.50. The van der Waals surface area contributed by atoms with Gasteiger partial charge >= 0.3 is 0 Å². The summed E-state index contributed by atoms with van der Waals surface area (Å²) >= 11 is 5.16. The maximum absolute atomic E-state index is 5.57. The Bertz CT molecular complexity index is 860. The summed E-state index contributed by atoms with van der Waals surface area (Å²) in [6.07, 6.45) is 1.67. The van der Waals surface area contributed by atoms with Crippen LogP contribution in [0.2, 0.25) is 0 Å². The second-order valence-corrected chi connectivity index (χ2v) is 7.43. The summed E-state index contributed by atoms with van der Waals surface area (Å²) in [5.41, 5.74) is 3.02. The summed E-state index contributed by atoms with van der Waals surface area (Å²) in [6.45, 7) is 3.33. The number of nitrogens with one attached hydrogen (secondary N) is 2. The lowest BCUT2D eigenvalue weighted by Gasteiger charge is -2.09. The average Bonchev–Trinajstić information content (AvgIpc) is 3.25. The van der Waals surface area contributed by atoms with E-state index in [4.69, 9.17) is 4.42 Å². The van der Waals surface area contributed by atoms with Gasteiger partial charge in [-0.15, -0.1) is 35.3 Å². The lowest BCUT2D eigenvalue weighted by molar-refractivity contribution is 0.572. The van der Waals surface area contributed by atoms with E-state index in [1.54, 1.807) is 24.6 Å². The summed E-state index contributed by atoms with van der Waals surface area (Å²) in [4.78, 5) is 9.98. The topological polar surface area (TPSA) is 62.5 Å². The van der Waals surface area contributed by atoms with Crippen LogP contribution in [0, 0.1) is 6.92 Å². The molecule has 0 bridgehead atoms. The molecule has 0 unspecified atom stereocenters. The van der Waals surface area contributed by atoms with Gasteiger partial charge in [-0.2, -0.15) is 0 Å². The number of rotatable bonds is 5. The molecule has 2 aromatic heterocycles. The molecule has 0 saturated carbocycles. The van der Waals surface area contributed by atoms with Crippen molar-refractivity contribution in [3.8, 4) is 11.5 Å². The Morgan fingerprint density at radius 2 is 1.96 bits per heavy atom. The van der Waals surface area contributed by atoms with Crippen molar-refractivity contribution in [1.82, 2.24) is 15.6 Å². The van der Waals surface area contributed by atoms with Gasteiger partial charge in [0.15, 0.2) is 5.96 Å². The second-order valence-electron chi connectivity index (χ2n) is 5.52. The first kappa shape index (κ1) is 20.9. The smallest absolute Gasteiger partial charge is 0.226 e. The number of thiophene rings is 1. The molecule has 1 aromatic carbocycles. The van der Waals surface area contributed by atoms with Gasteiger partial charge in [-0.1, -0.05) is 17.7 Å². The minimum atomic E-state index is 0. The average molecular weight is 547 g/mol. The first-order chi connectivity index (χ1) is 12.1. The molecule has 5 nitrogen and oxygen atoms in total. The number of oxazole rings is 1. The summed E-state index contributed by atoms with van der Waals surface area (Å²) in [6, 6.07) is 10.2. The van der Waals surface area contributed by atoms with E-state index < -0.39 is 0 Å². The molecule has 0 amide bonds. The van der Waals surface area contributed by atoms with Crippen molar-refractivity contribution in [1.29, 1.82) is 0 Å². The first-order valence-electron chi connectivity index (χ1n) is 7.83. The van der Waals surface area contributed by atoms with Crippen LogP contribution >= 0.6 is 51.2 Å². The zero-order valence-corrected chi connectivity index (χ0v) is 19.2. The molecule has 0 atom stereocenters. The van der Waals surface area contributed by atoms with Crippen LogP contribution in [-0.2, 0) is 13.1 Å². The molecule has 0 aliphatic carbocycles. The highest BCUT2D eigenvalue weighted by molar-refractivity contribution is 14.0. The lowest BCUT2D eigenvalue weighted by Crippen LogP contribution is -2.36. The van der Waals surface area contributed by atoms with Gasteiger partial charge in [-0.05, 0) is 41.1 Å². The van der Waals surface area contributed by atoms with E-state index in [9.17, 15) is 0 Å². The third-order valence-corrected chi connectivity index (χ3v) is 5.26. The number of hydrogen-bond donors (Lipinski definition) is 2. The lowest BCUT2D eigenvalue weighted by atomic mass is 10.1. The van der Waals surface area contributed by atoms with E-state index in [1.807, 2.05) is 24.3 Å². The molecule has 0 spiro atoms. The van der Waals surface area contributed by atoms with E-state index in [-0.39, 0.29) is 24.0 Å². The molecule has 0 aliphatic heterocycles. The molecule has 0 radical (unpaired) electrons. The minimum Gasteiger partial charge on any atom is -0.444 e. The predicted octanol–water partition coefficient (Wildman–Crippen LogP) is 4.96. The molecule has 2 heterocycles. The molecule has 26 heavy (non-hydrogen) atoms. The number of guanidine groups is 1. The van der Waals surface area contributed by atoms with Crippen molar-refractivity contribution in [2.45, 2.75) is 20.0 Å². The van der Waals surface area contributed by atoms with Crippen molar-refractivity contribution < 1.29 is 4.42 Å². The number of nitrogens with zero attached hydrogens (tertiary/aromatic N) is 2. The Morgan fingerprint density at radius 3 is 2.62 bits per heavy atom. The van der Waals surface area contributed by atoms with Crippen LogP contribution in [-0.4, -0.2) is 18.0 Å². The van der Waals surface area contributed by atoms with Crippen molar-refractivity contribution in [2.24, 2.45) is 4.99 Å². The van der Waals surface area contributed by atoms with E-state index in [1.165, 1.54) is 10.4 Å². The maximum Gasteiger partial charge on any atom is 0.226 e. The van der Waals surface area contributed by atoms with Crippen LogP contribution in [0.5, 0.6) is 0 Å². The van der Waals surface area contributed by atoms with Gasteiger partial charge in [0.25, 0.3) is 0 Å². The predicted molar refractivity (Wildman–Crippen MR) is 121 cm³/mol. The minimum absolute atomic E-state index is 0. The second kappa shape index (κ2) is 10.1. The Balaban J connectivity index is 0.00000243. The third kappa shape index (κ3) is 5.82. The molecular weight excluding hydrogens is 527 g/mol. The Kier molecular flexibility index (Phi) is 8.11. The summed E-state index contributed by atoms with van der Waals surface area (Å²) in [5.74, 6) is 1.35. The molecule has 3 aromatic rings. The third-order valence-electron chi connectivity index (χ3n) is 3.56. The highest BCUT2D eigenvalue weighted by Crippen LogP contribution is 2.20. The standard InChI is InChI=1S/C18H19BrN4OS.HI/c1-12-3-5-13(6-4-12)17-23-15(10-24-17)8-21-18(20-2)22-9-16-7-14(19)11-25-16;/h3-7,10-11H,8-9H2,1-2H3,(H2,20,21,22);1H. The van der Waals surface area contributed by atoms with Crippen LogP contribution in [0.15, 0.2) is 55.9 Å². The maximum atomic E-state index is 5.57. The monoisotopic (exact) mass is 546 g/mol. The van der Waals surface area contributed by atoms with Crippen molar-refractivity contribution in [3.05, 3.63) is 62.6 Å². The van der Waals surface area contributed by atoms with Crippen molar-refractivity contribution in [2.75, 3.05) is 7.05 Å². The SMILES string of the molecule is CN=C(NCc1coc(-c2ccc(C)cc2)n1)NCc1cc(Br)cs1.I. The molecule has 138 valence electrons. The van der Waals surface area contributed by atoms with Crippen LogP contribution in [0.4, 0.5) is 0 Å². The summed E-state index contributed by atoms with van der Waals surface area (Å²) in [7, 11) is 1.75. The normalized spacial score (nSPS) is 11.1. The Labute approximate surface area is 182 Å². The molecular formula is C18H20BrIN4OS. The fraction of sp³-hybridized carbons (Fsp3) is 0.222. The van der Waals surface area contributed by atoms with Crippen molar-refractivity contribution >= 4 is 57.2 Å². The van der Waals surface area contributed by atoms with Gasteiger partial charge in [-0.25, -0.2) is 4.98 Å². The van der Waals surface area contributed by atoms with Crippen LogP contribution in [0.1, 0.15) is 16.1 Å². The van der Waals surface area contributed by atoms with Gasteiger partial charge in [0.05, 0.1) is 18.8 Å². The molecule has 0 saturated heterocycles. The van der Waals surface area contributed by atoms with E-state index in [0.29, 0.717) is 12.4 Å². The number of benzene rings is 1. The largest absolute Gasteiger partial charge is 0.444 e. The Morgan fingerprint density at radius 1 is 1.23 bits per heavy atom. The molecule has 0 aliphatic rings. The van der Waals surface area contributed by atoms with E-state index >= 15 is 0 Å². The quantitative estimate of drug-likeness (QED) is 0.270. The van der Waals surface area contributed by atoms with Gasteiger partial charge in [0.2, 0.25) is 5.89 Å². The number of aryl methyl sites for hydroxylation is 1. The molecule has 8 heteroatoms. The fourth-order valence-electron chi connectivity index (χ4n) is 2.23. The van der Waals surface area contributed by atoms with E-state index in [0.717, 1.165) is 28.2 Å². The highest BCUT2D eigenvalue weighted by Gasteiger charge is 2.07. The van der Waals surface area contributed by atoms with Crippen molar-refractivity contribution in [3.63, 3.8) is 0 Å². The van der Waals surface area contributed by atoms with Crippen LogP contribution in [0.3, 0.4) is 0 Å². The number of halogens is 2. The number of hydrogen-bond acceptors (Lipinski definition) is 4. The fourth-order valence-corrected chi connectivity index (χ4v) is 3.62. The van der Waals surface area contributed by atoms with Crippen LogP contribution < -0.4 is 10.6 Å². The number of aromatic nitrogens is 1. The van der Waals surface area contributed by atoms with Gasteiger partial charge in [0, 0.05) is 27.3 Å².